The van der Waals surface area contributed by atoms with Crippen LogP contribution in [-0.2, 0) is 4.79 Å². The highest BCUT2D eigenvalue weighted by Gasteiger charge is 2.21. The topological polar surface area (TPSA) is 29.1 Å². The van der Waals surface area contributed by atoms with Gasteiger partial charge in [0.25, 0.3) is 0 Å². The van der Waals surface area contributed by atoms with E-state index >= 15 is 0 Å². The van der Waals surface area contributed by atoms with Crippen molar-refractivity contribution in [1.29, 1.82) is 0 Å². The minimum atomic E-state index is 0.170. The molecule has 0 aliphatic carbocycles. The molecule has 0 bridgehead atoms. The molecule has 2 rings (SSSR count). The number of carbonyl (C=O) groups excluding carboxylic acids is 1. The monoisotopic (exact) mass is 161 g/mol. The van der Waals surface area contributed by atoms with E-state index in [1.165, 1.54) is 5.56 Å². The maximum Gasteiger partial charge on any atom is 0.220 e. The van der Waals surface area contributed by atoms with Gasteiger partial charge in [0.2, 0.25) is 5.91 Å². The van der Waals surface area contributed by atoms with Crippen molar-refractivity contribution in [2.45, 2.75) is 18.9 Å². The normalized spacial score (nSPS) is 22.3. The first-order chi connectivity index (χ1) is 5.86. The number of carbonyl (C=O) groups is 1. The maximum absolute atomic E-state index is 10.9. The van der Waals surface area contributed by atoms with Crippen molar-refractivity contribution in [2.75, 3.05) is 0 Å². The van der Waals surface area contributed by atoms with Gasteiger partial charge in [0.05, 0.1) is 6.04 Å². The van der Waals surface area contributed by atoms with E-state index in [2.05, 4.69) is 17.4 Å². The van der Waals surface area contributed by atoms with Crippen LogP contribution < -0.4 is 5.32 Å². The van der Waals surface area contributed by atoms with Crippen molar-refractivity contribution in [3.05, 3.63) is 35.9 Å². The second kappa shape index (κ2) is 2.97. The van der Waals surface area contributed by atoms with Crippen molar-refractivity contribution in [3.63, 3.8) is 0 Å². The average Bonchev–Trinajstić information content (AvgIpc) is 2.54. The molecule has 1 atom stereocenters. The summed E-state index contributed by atoms with van der Waals surface area (Å²) in [5.41, 5.74) is 1.21. The van der Waals surface area contributed by atoms with Crippen molar-refractivity contribution < 1.29 is 4.79 Å². The average molecular weight is 161 g/mol. The largest absolute Gasteiger partial charge is 0.349 e. The van der Waals surface area contributed by atoms with Crippen molar-refractivity contribution >= 4 is 5.91 Å². The number of amides is 1. The third-order valence-corrected chi connectivity index (χ3v) is 2.20. The molecular weight excluding hydrogens is 150 g/mol. The Morgan fingerprint density at radius 2 is 2.00 bits per heavy atom. The lowest BCUT2D eigenvalue weighted by Gasteiger charge is -2.08. The Bertz CT molecular complexity index is 281. The predicted octanol–water partition coefficient (Wildman–Crippen LogP) is 1.64. The molecule has 0 radical (unpaired) electrons. The lowest BCUT2D eigenvalue weighted by atomic mass is 10.1. The van der Waals surface area contributed by atoms with Crippen LogP contribution in [0.5, 0.6) is 0 Å². The fourth-order valence-corrected chi connectivity index (χ4v) is 1.55. The highest BCUT2D eigenvalue weighted by atomic mass is 16.1. The van der Waals surface area contributed by atoms with E-state index in [0.29, 0.717) is 6.42 Å². The third kappa shape index (κ3) is 1.33. The Hall–Kier alpha value is -1.31. The fraction of sp³-hybridized carbons (Fsp3) is 0.300. The van der Waals surface area contributed by atoms with E-state index < -0.39 is 0 Å². The molecule has 2 nitrogen and oxygen atoms in total. The molecular formula is C10H11NO. The molecule has 1 amide bonds. The van der Waals surface area contributed by atoms with E-state index in [1.54, 1.807) is 0 Å². The van der Waals surface area contributed by atoms with Crippen molar-refractivity contribution in [1.82, 2.24) is 5.32 Å². The van der Waals surface area contributed by atoms with Gasteiger partial charge in [-0.05, 0) is 12.0 Å². The number of hydrogen-bond acceptors (Lipinski definition) is 1. The zero-order chi connectivity index (χ0) is 8.39. The van der Waals surface area contributed by atoms with Crippen LogP contribution in [0.1, 0.15) is 24.4 Å². The van der Waals surface area contributed by atoms with Crippen LogP contribution in [0, 0.1) is 0 Å². The van der Waals surface area contributed by atoms with Crippen molar-refractivity contribution in [3.8, 4) is 0 Å². The molecule has 1 aromatic rings. The van der Waals surface area contributed by atoms with Crippen LogP contribution in [0.15, 0.2) is 30.3 Å². The summed E-state index contributed by atoms with van der Waals surface area (Å²) in [5.74, 6) is 0.170. The Balaban J connectivity index is 2.16. The molecule has 12 heavy (non-hydrogen) atoms. The number of rotatable bonds is 1. The highest BCUT2D eigenvalue weighted by Crippen LogP contribution is 2.22. The Morgan fingerprint density at radius 1 is 1.25 bits per heavy atom. The lowest BCUT2D eigenvalue weighted by molar-refractivity contribution is -0.119. The molecule has 1 saturated heterocycles. The fourth-order valence-electron chi connectivity index (χ4n) is 1.55. The van der Waals surface area contributed by atoms with E-state index in [-0.39, 0.29) is 11.9 Å². The van der Waals surface area contributed by atoms with Gasteiger partial charge in [-0.1, -0.05) is 30.3 Å². The summed E-state index contributed by atoms with van der Waals surface area (Å²) in [5, 5.41) is 2.93. The third-order valence-electron chi connectivity index (χ3n) is 2.20. The summed E-state index contributed by atoms with van der Waals surface area (Å²) in [6.45, 7) is 0. The molecule has 0 spiro atoms. The van der Waals surface area contributed by atoms with Gasteiger partial charge in [-0.25, -0.2) is 0 Å². The van der Waals surface area contributed by atoms with Gasteiger partial charge >= 0.3 is 0 Å². The number of hydrogen-bond donors (Lipinski definition) is 1. The molecule has 1 aliphatic rings. The summed E-state index contributed by atoms with van der Waals surface area (Å²) in [6.07, 6.45) is 1.60. The molecule has 1 aliphatic heterocycles. The Morgan fingerprint density at radius 3 is 2.58 bits per heavy atom. The highest BCUT2D eigenvalue weighted by molar-refractivity contribution is 5.78. The minimum Gasteiger partial charge on any atom is -0.349 e. The molecule has 62 valence electrons. The van der Waals surface area contributed by atoms with E-state index in [4.69, 9.17) is 0 Å². The zero-order valence-electron chi connectivity index (χ0n) is 6.79. The van der Waals surface area contributed by atoms with Gasteiger partial charge < -0.3 is 5.32 Å². The summed E-state index contributed by atoms with van der Waals surface area (Å²) in [7, 11) is 0. The summed E-state index contributed by atoms with van der Waals surface area (Å²) in [4.78, 5) is 10.9. The van der Waals surface area contributed by atoms with Crippen molar-refractivity contribution in [2.24, 2.45) is 0 Å². The molecule has 1 heterocycles. The van der Waals surface area contributed by atoms with E-state index in [9.17, 15) is 4.79 Å². The molecule has 0 saturated carbocycles. The number of nitrogens with one attached hydrogen (secondary N) is 1. The van der Waals surface area contributed by atoms with Crippen LogP contribution >= 0.6 is 0 Å². The predicted molar refractivity (Wildman–Crippen MR) is 46.6 cm³/mol. The van der Waals surface area contributed by atoms with Crippen LogP contribution in [0.3, 0.4) is 0 Å². The molecule has 0 aromatic heterocycles. The van der Waals surface area contributed by atoms with Gasteiger partial charge in [0.1, 0.15) is 0 Å². The van der Waals surface area contributed by atoms with Crippen LogP contribution in [0.2, 0.25) is 0 Å². The van der Waals surface area contributed by atoms with Gasteiger partial charge in [-0.2, -0.15) is 0 Å². The maximum atomic E-state index is 10.9. The first-order valence-electron chi connectivity index (χ1n) is 4.20. The molecule has 1 aromatic carbocycles. The summed E-state index contributed by atoms with van der Waals surface area (Å²) in [6, 6.07) is 10.3. The molecule has 2 heteroatoms. The van der Waals surface area contributed by atoms with Crippen LogP contribution in [-0.4, -0.2) is 5.91 Å². The first kappa shape index (κ1) is 7.35. The lowest BCUT2D eigenvalue weighted by Crippen LogP contribution is -2.17. The van der Waals surface area contributed by atoms with Crippen LogP contribution in [0.25, 0.3) is 0 Å². The van der Waals surface area contributed by atoms with E-state index in [1.807, 2.05) is 18.2 Å². The SMILES string of the molecule is O=C1CC[C@@H](c2ccccc2)N1. The number of benzene rings is 1. The van der Waals surface area contributed by atoms with Gasteiger partial charge in [0.15, 0.2) is 0 Å². The standard InChI is InChI=1S/C10H11NO/c12-10-7-6-9(11-10)8-4-2-1-3-5-8/h1-5,9H,6-7H2,(H,11,12)/t9-/m0/s1. The first-order valence-corrected chi connectivity index (χ1v) is 4.20. The second-order valence-corrected chi connectivity index (χ2v) is 3.07. The quantitative estimate of drug-likeness (QED) is 0.666. The molecule has 1 N–H and O–H groups in total. The smallest absolute Gasteiger partial charge is 0.220 e. The van der Waals surface area contributed by atoms with Crippen LogP contribution in [0.4, 0.5) is 0 Å². The summed E-state index contributed by atoms with van der Waals surface area (Å²) >= 11 is 0. The molecule has 0 unspecified atom stereocenters. The van der Waals surface area contributed by atoms with Gasteiger partial charge in [0, 0.05) is 6.42 Å². The van der Waals surface area contributed by atoms with Gasteiger partial charge in [-0.3, -0.25) is 4.79 Å². The Labute approximate surface area is 71.6 Å². The zero-order valence-corrected chi connectivity index (χ0v) is 6.79. The Kier molecular flexibility index (Phi) is 1.82. The molecule has 1 fully saturated rings. The minimum absolute atomic E-state index is 0.170. The summed E-state index contributed by atoms with van der Waals surface area (Å²) < 4.78 is 0. The second-order valence-electron chi connectivity index (χ2n) is 3.07. The van der Waals surface area contributed by atoms with Gasteiger partial charge in [-0.15, -0.1) is 0 Å². The van der Waals surface area contributed by atoms with E-state index in [0.717, 1.165) is 6.42 Å².